The zero-order valence-electron chi connectivity index (χ0n) is 12.6. The van der Waals surface area contributed by atoms with Crippen LogP contribution >= 0.6 is 0 Å². The number of H-pyrrole nitrogens is 1. The summed E-state index contributed by atoms with van der Waals surface area (Å²) >= 11 is 0. The predicted octanol–water partition coefficient (Wildman–Crippen LogP) is 0.685. The van der Waals surface area contributed by atoms with Gasteiger partial charge in [-0.3, -0.25) is 4.79 Å². The minimum Gasteiger partial charge on any atom is -0.371 e. The van der Waals surface area contributed by atoms with Crippen molar-refractivity contribution in [3.63, 3.8) is 0 Å². The molecule has 0 aromatic carbocycles. The Labute approximate surface area is 133 Å². The lowest BCUT2D eigenvalue weighted by molar-refractivity contribution is 0.0124. The summed E-state index contributed by atoms with van der Waals surface area (Å²) in [5.41, 5.74) is 0.259. The summed E-state index contributed by atoms with van der Waals surface area (Å²) in [6, 6.07) is 1.95. The highest BCUT2D eigenvalue weighted by Gasteiger charge is 2.47. The number of hydrogen-bond donors (Lipinski definition) is 2. The lowest BCUT2D eigenvalue weighted by atomic mass is 9.97. The number of carbonyl (C=O) groups excluding carboxylic acids is 1. The summed E-state index contributed by atoms with van der Waals surface area (Å²) in [7, 11) is 0. The number of aromatic nitrogens is 4. The van der Waals surface area contributed by atoms with E-state index in [1.54, 1.807) is 24.7 Å². The van der Waals surface area contributed by atoms with Gasteiger partial charge in [-0.2, -0.15) is 0 Å². The Morgan fingerprint density at radius 3 is 3.09 bits per heavy atom. The molecule has 2 atom stereocenters. The molecule has 2 aromatic rings. The monoisotopic (exact) mass is 314 g/mol. The van der Waals surface area contributed by atoms with Crippen molar-refractivity contribution in [3.8, 4) is 0 Å². The maximum atomic E-state index is 12.4. The van der Waals surface area contributed by atoms with Crippen molar-refractivity contribution in [2.45, 2.75) is 24.5 Å². The molecular formula is C15H18N6O2. The van der Waals surface area contributed by atoms with Crippen LogP contribution in [0.3, 0.4) is 0 Å². The fourth-order valence-electron chi connectivity index (χ4n) is 3.34. The van der Waals surface area contributed by atoms with Gasteiger partial charge in [0.05, 0.1) is 37.3 Å². The van der Waals surface area contributed by atoms with E-state index >= 15 is 0 Å². The average molecular weight is 314 g/mol. The number of likely N-dealkylation sites (tertiary alicyclic amines) is 1. The topological polar surface area (TPSA) is 96.0 Å². The third kappa shape index (κ3) is 2.77. The van der Waals surface area contributed by atoms with Crippen LogP contribution in [0.5, 0.6) is 0 Å². The molecule has 120 valence electrons. The fraction of sp³-hybridized carbons (Fsp3) is 0.467. The first kappa shape index (κ1) is 14.1. The molecule has 8 heteroatoms. The van der Waals surface area contributed by atoms with E-state index in [-0.39, 0.29) is 17.6 Å². The third-order valence-corrected chi connectivity index (χ3v) is 4.44. The van der Waals surface area contributed by atoms with E-state index in [4.69, 9.17) is 4.74 Å². The molecule has 4 rings (SSSR count). The van der Waals surface area contributed by atoms with Crippen molar-refractivity contribution in [3.05, 3.63) is 36.7 Å². The molecule has 2 N–H and O–H groups in total. The molecule has 0 radical (unpaired) electrons. The van der Waals surface area contributed by atoms with E-state index in [0.717, 1.165) is 12.8 Å². The van der Waals surface area contributed by atoms with Crippen molar-refractivity contribution in [2.75, 3.05) is 25.0 Å². The smallest absolute Gasteiger partial charge is 0.272 e. The van der Waals surface area contributed by atoms with E-state index in [1.807, 2.05) is 4.90 Å². The van der Waals surface area contributed by atoms with Gasteiger partial charge in [-0.15, -0.1) is 0 Å². The van der Waals surface area contributed by atoms with Gasteiger partial charge in [0.15, 0.2) is 0 Å². The Balaban J connectivity index is 1.38. The van der Waals surface area contributed by atoms with Gasteiger partial charge in [0, 0.05) is 25.4 Å². The lowest BCUT2D eigenvalue weighted by Crippen LogP contribution is -2.36. The number of imidazole rings is 1. The SMILES string of the molecule is O=C(c1cnc[nH]1)N1CCC2(CC(Nc3ncccn3)CO2)C1. The van der Waals surface area contributed by atoms with Gasteiger partial charge in [0.1, 0.15) is 5.69 Å². The van der Waals surface area contributed by atoms with Crippen molar-refractivity contribution in [2.24, 2.45) is 0 Å². The highest BCUT2D eigenvalue weighted by atomic mass is 16.5. The first-order valence-electron chi connectivity index (χ1n) is 7.69. The van der Waals surface area contributed by atoms with Crippen LogP contribution in [0.15, 0.2) is 31.0 Å². The molecule has 2 aliphatic heterocycles. The number of nitrogens with one attached hydrogen (secondary N) is 2. The Hall–Kier alpha value is -2.48. The van der Waals surface area contributed by atoms with Crippen molar-refractivity contribution in [1.82, 2.24) is 24.8 Å². The number of rotatable bonds is 3. The van der Waals surface area contributed by atoms with Gasteiger partial charge in [-0.05, 0) is 12.5 Å². The molecule has 23 heavy (non-hydrogen) atoms. The molecule has 8 nitrogen and oxygen atoms in total. The number of nitrogens with zero attached hydrogens (tertiary/aromatic N) is 4. The van der Waals surface area contributed by atoms with Crippen molar-refractivity contribution in [1.29, 1.82) is 0 Å². The maximum absolute atomic E-state index is 12.4. The Morgan fingerprint density at radius 2 is 2.30 bits per heavy atom. The molecule has 0 saturated carbocycles. The second-order valence-electron chi connectivity index (χ2n) is 6.05. The maximum Gasteiger partial charge on any atom is 0.272 e. The highest BCUT2D eigenvalue weighted by Crippen LogP contribution is 2.36. The largest absolute Gasteiger partial charge is 0.371 e. The normalized spacial score (nSPS) is 26.8. The van der Waals surface area contributed by atoms with Gasteiger partial charge in [0.2, 0.25) is 5.95 Å². The zero-order valence-corrected chi connectivity index (χ0v) is 12.6. The fourth-order valence-corrected chi connectivity index (χ4v) is 3.34. The number of ether oxygens (including phenoxy) is 1. The van der Waals surface area contributed by atoms with Crippen LogP contribution in [0.25, 0.3) is 0 Å². The quantitative estimate of drug-likeness (QED) is 0.865. The molecule has 2 aliphatic rings. The molecule has 1 amide bonds. The molecule has 1 spiro atoms. The first-order valence-corrected chi connectivity index (χ1v) is 7.69. The van der Waals surface area contributed by atoms with Gasteiger partial charge in [-0.25, -0.2) is 15.0 Å². The molecule has 2 aromatic heterocycles. The van der Waals surface area contributed by atoms with Gasteiger partial charge < -0.3 is 19.9 Å². The van der Waals surface area contributed by atoms with E-state index in [0.29, 0.717) is 31.3 Å². The second kappa shape index (κ2) is 5.62. The first-order chi connectivity index (χ1) is 11.2. The zero-order chi connectivity index (χ0) is 15.7. The summed E-state index contributed by atoms with van der Waals surface area (Å²) in [4.78, 5) is 29.3. The van der Waals surface area contributed by atoms with E-state index < -0.39 is 0 Å². The minimum atomic E-state index is -0.262. The summed E-state index contributed by atoms with van der Waals surface area (Å²) in [5.74, 6) is 0.590. The van der Waals surface area contributed by atoms with Crippen LogP contribution in [0.2, 0.25) is 0 Å². The summed E-state index contributed by atoms with van der Waals surface area (Å²) in [6.07, 6.45) is 8.19. The van der Waals surface area contributed by atoms with Gasteiger partial charge >= 0.3 is 0 Å². The number of carbonyl (C=O) groups is 1. The highest BCUT2D eigenvalue weighted by molar-refractivity contribution is 5.92. The molecule has 2 fully saturated rings. The Bertz CT molecular complexity index is 677. The Kier molecular flexibility index (Phi) is 3.45. The van der Waals surface area contributed by atoms with Crippen LogP contribution < -0.4 is 5.32 Å². The number of hydrogen-bond acceptors (Lipinski definition) is 6. The van der Waals surface area contributed by atoms with Crippen LogP contribution in [0.1, 0.15) is 23.3 Å². The summed E-state index contributed by atoms with van der Waals surface area (Å²) < 4.78 is 6.05. The van der Waals surface area contributed by atoms with E-state index in [9.17, 15) is 4.79 Å². The lowest BCUT2D eigenvalue weighted by Gasteiger charge is -2.23. The predicted molar refractivity (Wildman–Crippen MR) is 81.9 cm³/mol. The van der Waals surface area contributed by atoms with Crippen LogP contribution in [-0.2, 0) is 4.74 Å². The molecule has 4 heterocycles. The third-order valence-electron chi connectivity index (χ3n) is 4.44. The molecule has 0 bridgehead atoms. The molecule has 0 aliphatic carbocycles. The number of anilines is 1. The number of aromatic amines is 1. The second-order valence-corrected chi connectivity index (χ2v) is 6.05. The van der Waals surface area contributed by atoms with E-state index in [1.165, 1.54) is 6.33 Å². The Morgan fingerprint density at radius 1 is 1.43 bits per heavy atom. The van der Waals surface area contributed by atoms with Crippen molar-refractivity contribution < 1.29 is 9.53 Å². The van der Waals surface area contributed by atoms with Crippen molar-refractivity contribution >= 4 is 11.9 Å². The van der Waals surface area contributed by atoms with E-state index in [2.05, 4.69) is 25.3 Å². The van der Waals surface area contributed by atoms with Gasteiger partial charge in [0.25, 0.3) is 5.91 Å². The average Bonchev–Trinajstić information content (AvgIpc) is 3.31. The molecule has 2 unspecified atom stereocenters. The summed E-state index contributed by atoms with van der Waals surface area (Å²) in [5, 5.41) is 3.30. The van der Waals surface area contributed by atoms with Crippen LogP contribution in [0, 0.1) is 0 Å². The number of amides is 1. The van der Waals surface area contributed by atoms with Crippen LogP contribution in [-0.4, -0.2) is 62.1 Å². The minimum absolute atomic E-state index is 0.0224. The molecular weight excluding hydrogens is 296 g/mol. The summed E-state index contributed by atoms with van der Waals surface area (Å²) in [6.45, 7) is 1.91. The van der Waals surface area contributed by atoms with Gasteiger partial charge in [-0.1, -0.05) is 0 Å². The molecule has 2 saturated heterocycles. The standard InChI is InChI=1S/C15H18N6O2/c22-13(12-7-16-10-19-12)21-5-2-15(9-21)6-11(8-23-15)20-14-17-3-1-4-18-14/h1,3-4,7,10-11H,2,5-6,8-9H2,(H,16,19)(H,17,18,20). The van der Waals surface area contributed by atoms with Crippen LogP contribution in [0.4, 0.5) is 5.95 Å².